The van der Waals surface area contributed by atoms with Crippen molar-refractivity contribution in [2.45, 2.75) is 37.1 Å². The number of benzene rings is 1. The van der Waals surface area contributed by atoms with Gasteiger partial charge < -0.3 is 11.1 Å². The van der Waals surface area contributed by atoms with E-state index in [1.165, 1.54) is 19.2 Å². The highest BCUT2D eigenvalue weighted by Gasteiger charge is 2.19. The van der Waals surface area contributed by atoms with Gasteiger partial charge in [0.1, 0.15) is 4.90 Å². The van der Waals surface area contributed by atoms with E-state index < -0.39 is 16.1 Å². The molecule has 0 saturated carbocycles. The normalized spacial score (nSPS) is 12.9. The Morgan fingerprint density at radius 1 is 1.35 bits per heavy atom. The average Bonchev–Trinajstić information content (AvgIpc) is 2.45. The molecule has 1 atom stereocenters. The summed E-state index contributed by atoms with van der Waals surface area (Å²) in [4.78, 5) is 12.0. The van der Waals surface area contributed by atoms with Crippen molar-refractivity contribution in [3.8, 4) is 0 Å². The topological polar surface area (TPSA) is 101 Å². The fourth-order valence-corrected chi connectivity index (χ4v) is 2.58. The maximum absolute atomic E-state index is 11.9. The third-order valence-electron chi connectivity index (χ3n) is 2.91. The second-order valence-corrected chi connectivity index (χ2v) is 6.30. The Labute approximate surface area is 119 Å². The molecule has 0 bridgehead atoms. The van der Waals surface area contributed by atoms with Crippen molar-refractivity contribution in [2.24, 2.45) is 5.73 Å². The molecule has 20 heavy (non-hydrogen) atoms. The summed E-state index contributed by atoms with van der Waals surface area (Å²) in [6.07, 6.45) is 2.38. The van der Waals surface area contributed by atoms with Gasteiger partial charge in [-0.2, -0.15) is 0 Å². The van der Waals surface area contributed by atoms with Crippen molar-refractivity contribution in [1.29, 1.82) is 0 Å². The molecule has 7 heteroatoms. The molecule has 6 nitrogen and oxygen atoms in total. The van der Waals surface area contributed by atoms with Crippen LogP contribution in [0, 0.1) is 0 Å². The standard InChI is InChI=1S/C13H21N3O3S/c1-3-4-7-10(14)13(17)16-11-8-5-6-9-12(11)20(18,19)15-2/h5-6,8-10,15H,3-4,7,14H2,1-2H3,(H,16,17)/t10-/m0/s1. The number of nitrogens with two attached hydrogens (primary N) is 1. The van der Waals surface area contributed by atoms with E-state index in [0.29, 0.717) is 6.42 Å². The van der Waals surface area contributed by atoms with Gasteiger partial charge in [0, 0.05) is 0 Å². The van der Waals surface area contributed by atoms with E-state index in [1.54, 1.807) is 12.1 Å². The molecule has 0 heterocycles. The minimum Gasteiger partial charge on any atom is -0.324 e. The molecule has 0 aliphatic heterocycles. The summed E-state index contributed by atoms with van der Waals surface area (Å²) < 4.78 is 25.9. The molecule has 1 rings (SSSR count). The Hall–Kier alpha value is -1.44. The van der Waals surface area contributed by atoms with Crippen LogP contribution in [0.1, 0.15) is 26.2 Å². The van der Waals surface area contributed by atoms with Crippen molar-refractivity contribution >= 4 is 21.6 Å². The third kappa shape index (κ3) is 4.29. The average molecular weight is 299 g/mol. The molecular formula is C13H21N3O3S. The third-order valence-corrected chi connectivity index (χ3v) is 4.38. The highest BCUT2D eigenvalue weighted by molar-refractivity contribution is 7.89. The summed E-state index contributed by atoms with van der Waals surface area (Å²) in [6.45, 7) is 2.01. The number of anilines is 1. The highest BCUT2D eigenvalue weighted by Crippen LogP contribution is 2.20. The first-order valence-electron chi connectivity index (χ1n) is 6.51. The number of hydrogen-bond acceptors (Lipinski definition) is 4. The summed E-state index contributed by atoms with van der Waals surface area (Å²) in [5.41, 5.74) is 6.00. The maximum Gasteiger partial charge on any atom is 0.242 e. The van der Waals surface area contributed by atoms with Crippen molar-refractivity contribution in [3.05, 3.63) is 24.3 Å². The van der Waals surface area contributed by atoms with Crippen LogP contribution in [0.2, 0.25) is 0 Å². The minimum atomic E-state index is -3.62. The molecular weight excluding hydrogens is 278 g/mol. The maximum atomic E-state index is 11.9. The van der Waals surface area contributed by atoms with Crippen LogP contribution in [0.25, 0.3) is 0 Å². The van der Waals surface area contributed by atoms with Gasteiger partial charge in [-0.05, 0) is 25.6 Å². The Balaban J connectivity index is 2.91. The molecule has 0 saturated heterocycles. The fourth-order valence-electron chi connectivity index (χ4n) is 1.69. The molecule has 0 aliphatic carbocycles. The van der Waals surface area contributed by atoms with Crippen molar-refractivity contribution < 1.29 is 13.2 Å². The minimum absolute atomic E-state index is 0.0264. The van der Waals surface area contributed by atoms with E-state index in [4.69, 9.17) is 5.73 Å². The van der Waals surface area contributed by atoms with E-state index in [2.05, 4.69) is 10.0 Å². The zero-order valence-corrected chi connectivity index (χ0v) is 12.5. The summed E-state index contributed by atoms with van der Waals surface area (Å²) in [7, 11) is -2.30. The molecule has 112 valence electrons. The number of amides is 1. The van der Waals surface area contributed by atoms with Crippen LogP contribution < -0.4 is 15.8 Å². The Kier molecular flexibility index (Phi) is 6.12. The number of nitrogens with one attached hydrogen (secondary N) is 2. The van der Waals surface area contributed by atoms with Crippen molar-refractivity contribution in [2.75, 3.05) is 12.4 Å². The van der Waals surface area contributed by atoms with Gasteiger partial charge >= 0.3 is 0 Å². The van der Waals surface area contributed by atoms with Gasteiger partial charge in [0.05, 0.1) is 11.7 Å². The van der Waals surface area contributed by atoms with Crippen molar-refractivity contribution in [3.63, 3.8) is 0 Å². The smallest absolute Gasteiger partial charge is 0.242 e. The molecule has 0 aromatic heterocycles. The Morgan fingerprint density at radius 3 is 2.60 bits per heavy atom. The summed E-state index contributed by atoms with van der Waals surface area (Å²) in [6, 6.07) is 5.58. The lowest BCUT2D eigenvalue weighted by Crippen LogP contribution is -2.36. The largest absolute Gasteiger partial charge is 0.324 e. The number of unbranched alkanes of at least 4 members (excludes halogenated alkanes) is 1. The fraction of sp³-hybridized carbons (Fsp3) is 0.462. The van der Waals surface area contributed by atoms with Crippen LogP contribution in [0.3, 0.4) is 0 Å². The summed E-state index contributed by atoms with van der Waals surface area (Å²) >= 11 is 0. The van der Waals surface area contributed by atoms with Crippen LogP contribution in [0.15, 0.2) is 29.2 Å². The number of carbonyl (C=O) groups excluding carboxylic acids is 1. The lowest BCUT2D eigenvalue weighted by atomic mass is 10.1. The molecule has 0 fully saturated rings. The molecule has 1 aromatic carbocycles. The number of carbonyl (C=O) groups is 1. The lowest BCUT2D eigenvalue weighted by Gasteiger charge is -2.14. The first-order valence-corrected chi connectivity index (χ1v) is 7.99. The monoisotopic (exact) mass is 299 g/mol. The zero-order valence-electron chi connectivity index (χ0n) is 11.7. The predicted octanol–water partition coefficient (Wildman–Crippen LogP) is 1.05. The molecule has 4 N–H and O–H groups in total. The molecule has 0 unspecified atom stereocenters. The second kappa shape index (κ2) is 7.37. The number of rotatable bonds is 7. The summed E-state index contributed by atoms with van der Waals surface area (Å²) in [5, 5.41) is 2.58. The van der Waals surface area contributed by atoms with Gasteiger partial charge in [0.2, 0.25) is 15.9 Å². The molecule has 0 radical (unpaired) electrons. The van der Waals surface area contributed by atoms with Gasteiger partial charge in [0.15, 0.2) is 0 Å². The summed E-state index contributed by atoms with van der Waals surface area (Å²) in [5.74, 6) is -0.378. The highest BCUT2D eigenvalue weighted by atomic mass is 32.2. The van der Waals surface area contributed by atoms with Gasteiger partial charge in [-0.25, -0.2) is 13.1 Å². The van der Waals surface area contributed by atoms with E-state index in [0.717, 1.165) is 12.8 Å². The van der Waals surface area contributed by atoms with E-state index in [-0.39, 0.29) is 16.5 Å². The van der Waals surface area contributed by atoms with Crippen LogP contribution in [-0.4, -0.2) is 27.4 Å². The van der Waals surface area contributed by atoms with Gasteiger partial charge in [-0.1, -0.05) is 31.9 Å². The van der Waals surface area contributed by atoms with Crippen LogP contribution >= 0.6 is 0 Å². The predicted molar refractivity (Wildman–Crippen MR) is 78.8 cm³/mol. The van der Waals surface area contributed by atoms with Crippen LogP contribution in [0.5, 0.6) is 0 Å². The molecule has 1 amide bonds. The zero-order chi connectivity index (χ0) is 15.2. The molecule has 0 spiro atoms. The van der Waals surface area contributed by atoms with Crippen LogP contribution in [0.4, 0.5) is 5.69 Å². The van der Waals surface area contributed by atoms with Crippen molar-refractivity contribution in [1.82, 2.24) is 4.72 Å². The molecule has 0 aliphatic rings. The number of hydrogen-bond donors (Lipinski definition) is 3. The van der Waals surface area contributed by atoms with E-state index >= 15 is 0 Å². The molecule has 1 aromatic rings. The second-order valence-electron chi connectivity index (χ2n) is 4.44. The Bertz CT molecular complexity index is 558. The lowest BCUT2D eigenvalue weighted by molar-refractivity contribution is -0.117. The van der Waals surface area contributed by atoms with Gasteiger partial charge in [0.25, 0.3) is 0 Å². The van der Waals surface area contributed by atoms with Gasteiger partial charge in [-0.15, -0.1) is 0 Å². The van der Waals surface area contributed by atoms with E-state index in [9.17, 15) is 13.2 Å². The first kappa shape index (κ1) is 16.6. The van der Waals surface area contributed by atoms with E-state index in [1.807, 2.05) is 6.92 Å². The first-order chi connectivity index (χ1) is 9.42. The SMILES string of the molecule is CCCC[C@H](N)C(=O)Nc1ccccc1S(=O)(=O)NC. The quantitative estimate of drug-likeness (QED) is 0.700. The number of para-hydroxylation sites is 1. The number of sulfonamides is 1. The Morgan fingerprint density at radius 2 is 2.00 bits per heavy atom. The van der Waals surface area contributed by atoms with Crippen LogP contribution in [-0.2, 0) is 14.8 Å². The van der Waals surface area contributed by atoms with Gasteiger partial charge in [-0.3, -0.25) is 4.79 Å².